The summed E-state index contributed by atoms with van der Waals surface area (Å²) in [6, 6.07) is 4.91. The van der Waals surface area contributed by atoms with Crippen molar-refractivity contribution < 1.29 is 23.8 Å². The van der Waals surface area contributed by atoms with Crippen LogP contribution >= 0.6 is 0 Å². The molecule has 0 unspecified atom stereocenters. The fraction of sp³-hybridized carbons (Fsp3) is 0.467. The van der Waals surface area contributed by atoms with Crippen LogP contribution in [0.2, 0.25) is 0 Å². The van der Waals surface area contributed by atoms with Crippen LogP contribution in [-0.4, -0.2) is 25.0 Å². The highest BCUT2D eigenvalue weighted by atomic mass is 16.6. The predicted molar refractivity (Wildman–Crippen MR) is 74.3 cm³/mol. The molecule has 5 nitrogen and oxygen atoms in total. The van der Waals surface area contributed by atoms with Crippen LogP contribution in [0.3, 0.4) is 0 Å². The summed E-state index contributed by atoms with van der Waals surface area (Å²) in [5.74, 6) is 0.873. The highest BCUT2D eigenvalue weighted by Gasteiger charge is 2.12. The SMILES string of the molecule is CCCC(=O)Oc1ccc(OC(C)C)cc1OCC=O. The van der Waals surface area contributed by atoms with Crippen molar-refractivity contribution in [3.8, 4) is 17.2 Å². The Kier molecular flexibility index (Phi) is 6.56. The van der Waals surface area contributed by atoms with Gasteiger partial charge in [0.2, 0.25) is 0 Å². The first-order valence-electron chi connectivity index (χ1n) is 6.64. The number of rotatable bonds is 8. The maximum absolute atomic E-state index is 11.5. The molecule has 0 N–H and O–H groups in total. The van der Waals surface area contributed by atoms with Gasteiger partial charge in [-0.05, 0) is 32.4 Å². The lowest BCUT2D eigenvalue weighted by molar-refractivity contribution is -0.134. The quantitative estimate of drug-likeness (QED) is 0.416. The van der Waals surface area contributed by atoms with E-state index < -0.39 is 0 Å². The van der Waals surface area contributed by atoms with E-state index in [2.05, 4.69) is 0 Å². The Morgan fingerprint density at radius 2 is 2.05 bits per heavy atom. The zero-order valence-electron chi connectivity index (χ0n) is 12.0. The minimum Gasteiger partial charge on any atom is -0.491 e. The third-order valence-electron chi connectivity index (χ3n) is 2.27. The molecule has 0 saturated heterocycles. The number of carbonyl (C=O) groups excluding carboxylic acids is 2. The second-order valence-corrected chi connectivity index (χ2v) is 4.48. The van der Waals surface area contributed by atoms with Crippen molar-refractivity contribution in [2.24, 2.45) is 0 Å². The first-order valence-corrected chi connectivity index (χ1v) is 6.64. The molecule has 0 aliphatic heterocycles. The van der Waals surface area contributed by atoms with Crippen LogP contribution in [0.4, 0.5) is 0 Å². The monoisotopic (exact) mass is 280 g/mol. The van der Waals surface area contributed by atoms with Gasteiger partial charge in [-0.1, -0.05) is 6.92 Å². The number of ether oxygens (including phenoxy) is 3. The summed E-state index contributed by atoms with van der Waals surface area (Å²) >= 11 is 0. The van der Waals surface area contributed by atoms with Crippen molar-refractivity contribution in [3.63, 3.8) is 0 Å². The predicted octanol–water partition coefficient (Wildman–Crippen LogP) is 2.76. The third-order valence-corrected chi connectivity index (χ3v) is 2.27. The standard InChI is InChI=1S/C15H20O5/c1-4-5-15(17)20-13-7-6-12(19-11(2)3)10-14(13)18-9-8-16/h6-8,10-11H,4-5,9H2,1-3H3. The van der Waals surface area contributed by atoms with E-state index in [1.807, 2.05) is 20.8 Å². The van der Waals surface area contributed by atoms with Gasteiger partial charge in [-0.15, -0.1) is 0 Å². The van der Waals surface area contributed by atoms with Crippen molar-refractivity contribution in [1.82, 2.24) is 0 Å². The zero-order valence-corrected chi connectivity index (χ0v) is 12.0. The molecule has 0 atom stereocenters. The van der Waals surface area contributed by atoms with E-state index in [9.17, 15) is 9.59 Å². The Bertz CT molecular complexity index is 454. The van der Waals surface area contributed by atoms with E-state index in [4.69, 9.17) is 14.2 Å². The summed E-state index contributed by atoms with van der Waals surface area (Å²) in [5.41, 5.74) is 0. The van der Waals surface area contributed by atoms with Gasteiger partial charge in [0.05, 0.1) is 6.10 Å². The van der Waals surface area contributed by atoms with Crippen molar-refractivity contribution in [3.05, 3.63) is 18.2 Å². The van der Waals surface area contributed by atoms with Crippen LogP contribution in [0.15, 0.2) is 18.2 Å². The van der Waals surface area contributed by atoms with Crippen molar-refractivity contribution in [1.29, 1.82) is 0 Å². The summed E-state index contributed by atoms with van der Waals surface area (Å²) in [5, 5.41) is 0. The van der Waals surface area contributed by atoms with E-state index in [-0.39, 0.29) is 18.7 Å². The summed E-state index contributed by atoms with van der Waals surface area (Å²) in [7, 11) is 0. The van der Waals surface area contributed by atoms with Gasteiger partial charge in [-0.25, -0.2) is 0 Å². The van der Waals surface area contributed by atoms with Gasteiger partial charge < -0.3 is 14.2 Å². The molecule has 0 bridgehead atoms. The molecule has 0 fully saturated rings. The minimum atomic E-state index is -0.332. The number of hydrogen-bond acceptors (Lipinski definition) is 5. The van der Waals surface area contributed by atoms with E-state index in [1.165, 1.54) is 0 Å². The van der Waals surface area contributed by atoms with Gasteiger partial charge in [-0.3, -0.25) is 9.59 Å². The molecule has 0 aliphatic carbocycles. The second-order valence-electron chi connectivity index (χ2n) is 4.48. The molecule has 5 heteroatoms. The van der Waals surface area contributed by atoms with Crippen molar-refractivity contribution >= 4 is 12.3 Å². The smallest absolute Gasteiger partial charge is 0.311 e. The van der Waals surface area contributed by atoms with Gasteiger partial charge in [0.1, 0.15) is 12.4 Å². The molecule has 0 radical (unpaired) electrons. The van der Waals surface area contributed by atoms with Gasteiger partial charge in [0.15, 0.2) is 17.8 Å². The first-order chi connectivity index (χ1) is 9.56. The molecule has 20 heavy (non-hydrogen) atoms. The Labute approximate surface area is 118 Å². The molecule has 0 amide bonds. The number of aldehydes is 1. The molecular formula is C15H20O5. The number of hydrogen-bond donors (Lipinski definition) is 0. The molecule has 0 aromatic heterocycles. The second kappa shape index (κ2) is 8.19. The Balaban J connectivity index is 2.90. The topological polar surface area (TPSA) is 61.8 Å². The van der Waals surface area contributed by atoms with E-state index >= 15 is 0 Å². The molecule has 0 spiro atoms. The van der Waals surface area contributed by atoms with Crippen LogP contribution in [0.1, 0.15) is 33.6 Å². The maximum Gasteiger partial charge on any atom is 0.311 e. The summed E-state index contributed by atoms with van der Waals surface area (Å²) in [4.78, 5) is 21.9. The lowest BCUT2D eigenvalue weighted by atomic mass is 10.3. The molecular weight excluding hydrogens is 260 g/mol. The van der Waals surface area contributed by atoms with Crippen LogP contribution < -0.4 is 14.2 Å². The summed E-state index contributed by atoms with van der Waals surface area (Å²) in [6.45, 7) is 5.59. The average Bonchev–Trinajstić information content (AvgIpc) is 2.38. The summed E-state index contributed by atoms with van der Waals surface area (Å²) < 4.78 is 16.0. The maximum atomic E-state index is 11.5. The molecule has 0 heterocycles. The highest BCUT2D eigenvalue weighted by molar-refractivity contribution is 5.73. The van der Waals surface area contributed by atoms with Crippen LogP contribution in [0.25, 0.3) is 0 Å². The Morgan fingerprint density at radius 3 is 2.65 bits per heavy atom. The highest BCUT2D eigenvalue weighted by Crippen LogP contribution is 2.32. The molecule has 1 aromatic rings. The lowest BCUT2D eigenvalue weighted by Crippen LogP contribution is -2.10. The average molecular weight is 280 g/mol. The van der Waals surface area contributed by atoms with Crippen LogP contribution in [-0.2, 0) is 9.59 Å². The van der Waals surface area contributed by atoms with Crippen LogP contribution in [0, 0.1) is 0 Å². The largest absolute Gasteiger partial charge is 0.491 e. The molecule has 0 aliphatic rings. The molecule has 1 aromatic carbocycles. The lowest BCUT2D eigenvalue weighted by Gasteiger charge is -2.14. The van der Waals surface area contributed by atoms with Gasteiger partial charge >= 0.3 is 5.97 Å². The first kappa shape index (κ1) is 16.0. The van der Waals surface area contributed by atoms with Gasteiger partial charge in [0, 0.05) is 12.5 Å². The van der Waals surface area contributed by atoms with Gasteiger partial charge in [0.25, 0.3) is 0 Å². The van der Waals surface area contributed by atoms with E-state index in [1.54, 1.807) is 18.2 Å². The number of esters is 1. The van der Waals surface area contributed by atoms with Crippen molar-refractivity contribution in [2.75, 3.05) is 6.61 Å². The van der Waals surface area contributed by atoms with Crippen LogP contribution in [0.5, 0.6) is 17.2 Å². The number of carbonyl (C=O) groups is 2. The minimum absolute atomic E-state index is 0.0161. The van der Waals surface area contributed by atoms with Crippen molar-refractivity contribution in [2.45, 2.75) is 39.7 Å². The number of benzene rings is 1. The van der Waals surface area contributed by atoms with E-state index in [0.717, 1.165) is 0 Å². The Hall–Kier alpha value is -2.04. The normalized spacial score (nSPS) is 10.2. The Morgan fingerprint density at radius 1 is 1.30 bits per heavy atom. The molecule has 0 saturated carbocycles. The molecule has 1 rings (SSSR count). The molecule has 110 valence electrons. The fourth-order valence-electron chi connectivity index (χ4n) is 1.53. The zero-order chi connectivity index (χ0) is 15.0. The fourth-order valence-corrected chi connectivity index (χ4v) is 1.53. The van der Waals surface area contributed by atoms with E-state index in [0.29, 0.717) is 36.4 Å². The summed E-state index contributed by atoms with van der Waals surface area (Å²) in [6.07, 6.45) is 1.69. The third kappa shape index (κ3) is 5.30. The van der Waals surface area contributed by atoms with Gasteiger partial charge in [-0.2, -0.15) is 0 Å².